The molecule has 1 N–H and O–H groups in total. The molecule has 0 spiro atoms. The lowest BCUT2D eigenvalue weighted by atomic mass is 10.2. The Labute approximate surface area is 144 Å². The van der Waals surface area contributed by atoms with Crippen LogP contribution in [0.5, 0.6) is 0 Å². The van der Waals surface area contributed by atoms with Crippen LogP contribution in [-0.4, -0.2) is 50.9 Å². The second-order valence-corrected chi connectivity index (χ2v) is 6.14. The maximum Gasteiger partial charge on any atom is 0.419 e. The molecule has 1 aliphatic rings. The van der Waals surface area contributed by atoms with Crippen molar-refractivity contribution < 1.29 is 9.15 Å². The van der Waals surface area contributed by atoms with Crippen LogP contribution < -0.4 is 5.76 Å². The number of fused-ring (bicyclic) bond motifs is 1. The van der Waals surface area contributed by atoms with Gasteiger partial charge in [-0.3, -0.25) is 14.6 Å². The molecule has 1 atom stereocenters. The van der Waals surface area contributed by atoms with Crippen molar-refractivity contribution in [3.05, 3.63) is 46.5 Å². The summed E-state index contributed by atoms with van der Waals surface area (Å²) in [5, 5.41) is 7.18. The van der Waals surface area contributed by atoms with Crippen molar-refractivity contribution in [2.75, 3.05) is 26.2 Å². The van der Waals surface area contributed by atoms with Gasteiger partial charge in [0.05, 0.1) is 12.1 Å². The maximum absolute atomic E-state index is 12.1. The highest BCUT2D eigenvalue weighted by molar-refractivity contribution is 5.72. The van der Waals surface area contributed by atoms with E-state index in [1.54, 1.807) is 4.57 Å². The molecule has 0 bridgehead atoms. The molecule has 0 aliphatic carbocycles. The van der Waals surface area contributed by atoms with Gasteiger partial charge in [0.1, 0.15) is 11.9 Å². The second-order valence-electron chi connectivity index (χ2n) is 6.14. The van der Waals surface area contributed by atoms with Crippen LogP contribution in [0.1, 0.15) is 24.7 Å². The molecule has 0 radical (unpaired) electrons. The molecule has 132 valence electrons. The number of benzene rings is 1. The molecule has 0 saturated carbocycles. The highest BCUT2D eigenvalue weighted by Gasteiger charge is 2.25. The third-order valence-corrected chi connectivity index (χ3v) is 4.54. The van der Waals surface area contributed by atoms with Gasteiger partial charge in [0, 0.05) is 32.6 Å². The Morgan fingerprint density at radius 1 is 1.32 bits per heavy atom. The molecule has 1 saturated heterocycles. The van der Waals surface area contributed by atoms with Crippen molar-refractivity contribution in [1.82, 2.24) is 24.6 Å². The number of aromatic nitrogens is 4. The Hall–Kier alpha value is -2.45. The third-order valence-electron chi connectivity index (χ3n) is 4.54. The Kier molecular flexibility index (Phi) is 4.37. The molecule has 3 aromatic rings. The molecule has 1 fully saturated rings. The molecule has 25 heavy (non-hydrogen) atoms. The first-order valence-electron chi connectivity index (χ1n) is 8.58. The standard InChI is InChI=1S/C17H21N5O3/c1-2-15-18-16(20-19-15)14-11-21(9-10-24-14)7-8-22-12-5-3-4-6-13(12)25-17(22)23/h3-6,14H,2,7-11H2,1H3,(H,18,19,20). The van der Waals surface area contributed by atoms with Crippen LogP contribution in [0.15, 0.2) is 33.5 Å². The third kappa shape index (κ3) is 3.22. The van der Waals surface area contributed by atoms with Gasteiger partial charge in [0.2, 0.25) is 0 Å². The molecule has 1 aromatic carbocycles. The fourth-order valence-electron chi connectivity index (χ4n) is 3.14. The van der Waals surface area contributed by atoms with E-state index in [1.165, 1.54) is 0 Å². The summed E-state index contributed by atoms with van der Waals surface area (Å²) in [5.74, 6) is 1.26. The molecular weight excluding hydrogens is 322 g/mol. The minimum absolute atomic E-state index is 0.136. The van der Waals surface area contributed by atoms with E-state index in [2.05, 4.69) is 20.1 Å². The number of para-hydroxylation sites is 2. The molecular formula is C17H21N5O3. The lowest BCUT2D eigenvalue weighted by Gasteiger charge is -2.31. The molecule has 4 rings (SSSR count). The van der Waals surface area contributed by atoms with Crippen LogP contribution >= 0.6 is 0 Å². The lowest BCUT2D eigenvalue weighted by molar-refractivity contribution is -0.0350. The van der Waals surface area contributed by atoms with Gasteiger partial charge in [-0.1, -0.05) is 19.1 Å². The predicted molar refractivity (Wildman–Crippen MR) is 91.4 cm³/mol. The summed E-state index contributed by atoms with van der Waals surface area (Å²) in [5.41, 5.74) is 1.46. The topological polar surface area (TPSA) is 89.2 Å². The number of nitrogens with one attached hydrogen (secondary N) is 1. The Balaban J connectivity index is 1.44. The SMILES string of the molecule is CCc1nc(C2CN(CCn3c(=O)oc4ccccc43)CCO2)n[nH]1. The largest absolute Gasteiger partial charge is 0.419 e. The summed E-state index contributed by atoms with van der Waals surface area (Å²) in [6, 6.07) is 7.49. The van der Waals surface area contributed by atoms with E-state index in [1.807, 2.05) is 31.2 Å². The van der Waals surface area contributed by atoms with Gasteiger partial charge in [-0.15, -0.1) is 0 Å². The number of aryl methyl sites for hydroxylation is 1. The van der Waals surface area contributed by atoms with Gasteiger partial charge in [0.15, 0.2) is 11.4 Å². The number of rotatable bonds is 5. The van der Waals surface area contributed by atoms with E-state index in [9.17, 15) is 4.79 Å². The fraction of sp³-hybridized carbons (Fsp3) is 0.471. The first kappa shape index (κ1) is 16.0. The number of oxazole rings is 1. The zero-order valence-corrected chi connectivity index (χ0v) is 14.1. The molecule has 0 amide bonds. The molecule has 3 heterocycles. The molecule has 2 aromatic heterocycles. The van der Waals surface area contributed by atoms with Gasteiger partial charge in [0.25, 0.3) is 0 Å². The summed E-state index contributed by atoms with van der Waals surface area (Å²) in [6.07, 6.45) is 0.683. The maximum atomic E-state index is 12.1. The van der Waals surface area contributed by atoms with Crippen molar-refractivity contribution in [3.63, 3.8) is 0 Å². The van der Waals surface area contributed by atoms with Crippen LogP contribution in [0.3, 0.4) is 0 Å². The predicted octanol–water partition coefficient (Wildman–Crippen LogP) is 1.35. The highest BCUT2D eigenvalue weighted by Crippen LogP contribution is 2.19. The van der Waals surface area contributed by atoms with Gasteiger partial charge in [-0.25, -0.2) is 9.78 Å². The van der Waals surface area contributed by atoms with Crippen molar-refractivity contribution in [1.29, 1.82) is 0 Å². The van der Waals surface area contributed by atoms with E-state index in [0.717, 1.165) is 30.9 Å². The number of H-pyrrole nitrogens is 1. The van der Waals surface area contributed by atoms with Crippen molar-refractivity contribution in [3.8, 4) is 0 Å². The number of hydrogen-bond acceptors (Lipinski definition) is 6. The van der Waals surface area contributed by atoms with Crippen LogP contribution in [0.4, 0.5) is 0 Å². The summed E-state index contributed by atoms with van der Waals surface area (Å²) in [6.45, 7) is 5.52. The smallest absolute Gasteiger partial charge is 0.408 e. The minimum Gasteiger partial charge on any atom is -0.408 e. The Morgan fingerprint density at radius 3 is 3.04 bits per heavy atom. The number of ether oxygens (including phenoxy) is 1. The van der Waals surface area contributed by atoms with Crippen LogP contribution in [-0.2, 0) is 17.7 Å². The van der Waals surface area contributed by atoms with Gasteiger partial charge in [-0.05, 0) is 12.1 Å². The summed E-state index contributed by atoms with van der Waals surface area (Å²) < 4.78 is 12.8. The average molecular weight is 343 g/mol. The number of morpholine rings is 1. The van der Waals surface area contributed by atoms with Crippen LogP contribution in [0.25, 0.3) is 11.1 Å². The van der Waals surface area contributed by atoms with Gasteiger partial charge in [-0.2, -0.15) is 5.10 Å². The van der Waals surface area contributed by atoms with Gasteiger partial charge >= 0.3 is 5.76 Å². The normalized spacial score (nSPS) is 18.8. The van der Waals surface area contributed by atoms with Crippen LogP contribution in [0.2, 0.25) is 0 Å². The number of nitrogens with zero attached hydrogens (tertiary/aromatic N) is 4. The summed E-state index contributed by atoms with van der Waals surface area (Å²) in [7, 11) is 0. The van der Waals surface area contributed by atoms with Crippen molar-refractivity contribution in [2.24, 2.45) is 0 Å². The molecule has 8 heteroatoms. The van der Waals surface area contributed by atoms with Crippen molar-refractivity contribution >= 4 is 11.1 Å². The number of aromatic amines is 1. The monoisotopic (exact) mass is 343 g/mol. The zero-order valence-electron chi connectivity index (χ0n) is 14.1. The van der Waals surface area contributed by atoms with E-state index in [0.29, 0.717) is 31.1 Å². The van der Waals surface area contributed by atoms with E-state index >= 15 is 0 Å². The van der Waals surface area contributed by atoms with Gasteiger partial charge < -0.3 is 9.15 Å². The summed E-state index contributed by atoms with van der Waals surface area (Å²) >= 11 is 0. The van der Waals surface area contributed by atoms with E-state index in [4.69, 9.17) is 9.15 Å². The molecule has 8 nitrogen and oxygen atoms in total. The van der Waals surface area contributed by atoms with E-state index < -0.39 is 0 Å². The van der Waals surface area contributed by atoms with E-state index in [-0.39, 0.29) is 11.9 Å². The summed E-state index contributed by atoms with van der Waals surface area (Å²) in [4.78, 5) is 18.8. The Morgan fingerprint density at radius 2 is 2.20 bits per heavy atom. The first-order valence-corrected chi connectivity index (χ1v) is 8.58. The average Bonchev–Trinajstić information content (AvgIpc) is 3.24. The minimum atomic E-state index is -0.312. The zero-order chi connectivity index (χ0) is 17.2. The lowest BCUT2D eigenvalue weighted by Crippen LogP contribution is -2.40. The molecule has 1 unspecified atom stereocenters. The highest BCUT2D eigenvalue weighted by atomic mass is 16.5. The van der Waals surface area contributed by atoms with Crippen LogP contribution in [0, 0.1) is 0 Å². The fourth-order valence-corrected chi connectivity index (χ4v) is 3.14. The molecule has 1 aliphatic heterocycles. The second kappa shape index (κ2) is 6.81. The Bertz CT molecular complexity index is 912. The first-order chi connectivity index (χ1) is 12.2. The van der Waals surface area contributed by atoms with Crippen molar-refractivity contribution in [2.45, 2.75) is 26.0 Å². The number of hydrogen-bond donors (Lipinski definition) is 1. The quantitative estimate of drug-likeness (QED) is 0.752.